The molecule has 0 saturated heterocycles. The third-order valence-electron chi connectivity index (χ3n) is 5.95. The first-order chi connectivity index (χ1) is 19.5. The van der Waals surface area contributed by atoms with Gasteiger partial charge in [-0.05, 0) is 36.2 Å². The Morgan fingerprint density at radius 1 is 1.00 bits per heavy atom. The molecule has 0 aliphatic rings. The molecule has 0 radical (unpaired) electrons. The van der Waals surface area contributed by atoms with Crippen LogP contribution in [0.1, 0.15) is 18.4 Å². The molecule has 1 aromatic heterocycles. The first-order valence-corrected chi connectivity index (χ1v) is 12.6. The van der Waals surface area contributed by atoms with Crippen LogP contribution in [-0.4, -0.2) is 71.0 Å². The highest BCUT2D eigenvalue weighted by Gasteiger charge is 2.31. The Morgan fingerprint density at radius 2 is 1.71 bits per heavy atom. The molecule has 0 unspecified atom stereocenters. The minimum Gasteiger partial charge on any atom is -0.406 e. The highest BCUT2D eigenvalue weighted by Crippen LogP contribution is 2.23. The summed E-state index contributed by atoms with van der Waals surface area (Å²) < 4.78 is 41.4. The predicted molar refractivity (Wildman–Crippen MR) is 144 cm³/mol. The van der Waals surface area contributed by atoms with Crippen LogP contribution < -0.4 is 32.6 Å². The average molecular weight is 577 g/mol. The predicted octanol–water partition coefficient (Wildman–Crippen LogP) is 1.01. The molecule has 2 atom stereocenters. The summed E-state index contributed by atoms with van der Waals surface area (Å²) in [5.41, 5.74) is 18.1. The number of carbonyl (C=O) groups excluding carboxylic acids is 3. The van der Waals surface area contributed by atoms with Gasteiger partial charge in [0.25, 0.3) is 0 Å². The molecule has 3 rings (SSSR count). The highest BCUT2D eigenvalue weighted by molar-refractivity contribution is 5.98. The van der Waals surface area contributed by atoms with Gasteiger partial charge in [-0.25, -0.2) is 0 Å². The van der Waals surface area contributed by atoms with Crippen molar-refractivity contribution in [3.05, 3.63) is 60.2 Å². The van der Waals surface area contributed by atoms with E-state index in [9.17, 15) is 27.6 Å². The molecule has 41 heavy (non-hydrogen) atoms. The maximum Gasteiger partial charge on any atom is 0.573 e. The van der Waals surface area contributed by atoms with Crippen molar-refractivity contribution in [3.63, 3.8) is 0 Å². The van der Waals surface area contributed by atoms with E-state index < -0.39 is 36.0 Å². The van der Waals surface area contributed by atoms with Gasteiger partial charge in [-0.1, -0.05) is 30.3 Å². The van der Waals surface area contributed by atoms with Crippen LogP contribution in [0.5, 0.6) is 5.75 Å². The average Bonchev–Trinajstić information content (AvgIpc) is 2.94. The first-order valence-electron chi connectivity index (χ1n) is 12.6. The number of nitrogens with two attached hydrogens (primary N) is 3. The van der Waals surface area contributed by atoms with E-state index in [1.54, 1.807) is 30.3 Å². The van der Waals surface area contributed by atoms with E-state index in [0.29, 0.717) is 16.5 Å². The number of nitrogens with one attached hydrogen (secondary N) is 2. The molecule has 12 nitrogen and oxygen atoms in total. The summed E-state index contributed by atoms with van der Waals surface area (Å²) in [6.07, 6.45) is -5.06. The Balaban J connectivity index is 1.73. The number of rotatable bonds is 13. The summed E-state index contributed by atoms with van der Waals surface area (Å²) in [5.74, 6) is -2.02. The first kappa shape index (κ1) is 31.2. The number of anilines is 1. The second kappa shape index (κ2) is 14.3. The number of aromatic nitrogens is 2. The molecule has 0 spiro atoms. The van der Waals surface area contributed by atoms with E-state index in [0.717, 1.165) is 12.1 Å². The second-order valence-corrected chi connectivity index (χ2v) is 9.01. The van der Waals surface area contributed by atoms with Gasteiger partial charge >= 0.3 is 6.36 Å². The third-order valence-corrected chi connectivity index (χ3v) is 5.95. The molecule has 2 aromatic carbocycles. The summed E-state index contributed by atoms with van der Waals surface area (Å²) in [7, 11) is 0. The molecule has 15 heteroatoms. The number of hydrogen-bond donors (Lipinski definition) is 5. The Kier molecular flexibility index (Phi) is 10.9. The summed E-state index contributed by atoms with van der Waals surface area (Å²) >= 11 is 0. The normalized spacial score (nSPS) is 12.8. The molecule has 1 heterocycles. The lowest BCUT2D eigenvalue weighted by molar-refractivity contribution is -0.274. The number of benzene rings is 2. The quantitative estimate of drug-likeness (QED) is 0.185. The van der Waals surface area contributed by atoms with Gasteiger partial charge in [0.1, 0.15) is 11.8 Å². The van der Waals surface area contributed by atoms with Crippen LogP contribution in [0.25, 0.3) is 10.9 Å². The Hall–Kier alpha value is -4.34. The molecule has 8 N–H and O–H groups in total. The highest BCUT2D eigenvalue weighted by atomic mass is 19.4. The van der Waals surface area contributed by atoms with Crippen LogP contribution >= 0.6 is 0 Å². The number of nitrogens with zero attached hydrogens (tertiary/aromatic N) is 3. The van der Waals surface area contributed by atoms with Crippen molar-refractivity contribution in [2.24, 2.45) is 17.2 Å². The molecular formula is C26H31F3N8O4. The topological polar surface area (TPSA) is 192 Å². The van der Waals surface area contributed by atoms with Gasteiger partial charge < -0.3 is 37.5 Å². The maximum atomic E-state index is 13.2. The van der Waals surface area contributed by atoms with Crippen LogP contribution in [0.2, 0.25) is 0 Å². The van der Waals surface area contributed by atoms with Gasteiger partial charge in [0, 0.05) is 31.3 Å². The SMILES string of the molecule is NCCN(CN)C(=O)CC[C@H](N)C(=O)N[C@H](Cc1ccc(OC(F)(F)F)cc1)C(=O)Nc1cc2ccccc2nn1. The van der Waals surface area contributed by atoms with Gasteiger partial charge in [0.2, 0.25) is 17.7 Å². The molecule has 0 fully saturated rings. The fraction of sp³-hybridized carbons (Fsp3) is 0.346. The van der Waals surface area contributed by atoms with Crippen molar-refractivity contribution in [1.82, 2.24) is 20.4 Å². The van der Waals surface area contributed by atoms with Gasteiger partial charge in [-0.3, -0.25) is 14.4 Å². The van der Waals surface area contributed by atoms with E-state index in [1.807, 2.05) is 0 Å². The smallest absolute Gasteiger partial charge is 0.406 e. The van der Waals surface area contributed by atoms with Crippen molar-refractivity contribution in [2.45, 2.75) is 37.7 Å². The summed E-state index contributed by atoms with van der Waals surface area (Å²) in [4.78, 5) is 39.8. The molecular weight excluding hydrogens is 545 g/mol. The van der Waals surface area contributed by atoms with Crippen molar-refractivity contribution in [2.75, 3.05) is 25.1 Å². The van der Waals surface area contributed by atoms with Crippen molar-refractivity contribution in [3.8, 4) is 5.75 Å². The van der Waals surface area contributed by atoms with E-state index >= 15 is 0 Å². The molecule has 3 aromatic rings. The third kappa shape index (κ3) is 9.66. The maximum absolute atomic E-state index is 13.2. The van der Waals surface area contributed by atoms with E-state index in [2.05, 4.69) is 25.6 Å². The monoisotopic (exact) mass is 576 g/mol. The number of fused-ring (bicyclic) bond motifs is 1. The zero-order valence-corrected chi connectivity index (χ0v) is 21.9. The zero-order chi connectivity index (χ0) is 30.0. The van der Waals surface area contributed by atoms with Gasteiger partial charge in [0.15, 0.2) is 5.82 Å². The minimum atomic E-state index is -4.86. The largest absolute Gasteiger partial charge is 0.573 e. The van der Waals surface area contributed by atoms with Crippen LogP contribution in [0.3, 0.4) is 0 Å². The molecule has 0 bridgehead atoms. The zero-order valence-electron chi connectivity index (χ0n) is 21.9. The Morgan fingerprint density at radius 3 is 2.37 bits per heavy atom. The van der Waals surface area contributed by atoms with E-state index in [4.69, 9.17) is 17.2 Å². The molecule has 3 amide bonds. The minimum absolute atomic E-state index is 0.0281. The second-order valence-electron chi connectivity index (χ2n) is 9.01. The summed E-state index contributed by atoms with van der Waals surface area (Å²) in [6.45, 7) is 0.435. The number of hydrogen-bond acceptors (Lipinski definition) is 9. The Bertz CT molecular complexity index is 1340. The molecule has 0 saturated carbocycles. The number of ether oxygens (including phenoxy) is 1. The summed E-state index contributed by atoms with van der Waals surface area (Å²) in [6, 6.07) is 11.2. The van der Waals surface area contributed by atoms with Gasteiger partial charge in [0.05, 0.1) is 18.2 Å². The molecule has 220 valence electrons. The van der Waals surface area contributed by atoms with Crippen LogP contribution in [-0.2, 0) is 20.8 Å². The fourth-order valence-corrected chi connectivity index (χ4v) is 3.85. The van der Waals surface area contributed by atoms with Crippen molar-refractivity contribution < 1.29 is 32.3 Å². The van der Waals surface area contributed by atoms with Crippen LogP contribution in [0, 0.1) is 0 Å². The standard InChI is InChI=1S/C26H31F3N8O4/c27-26(28,29)41-18-7-5-16(6-8-18)13-21(25(40)34-22-14-17-3-1-2-4-20(17)35-36-22)33-24(39)19(32)9-10-23(38)37(15-31)12-11-30/h1-8,14,19,21H,9-13,15,30-32H2,(H,33,39)(H,34,36,40)/t19-,21+/m0/s1. The van der Waals surface area contributed by atoms with Gasteiger partial charge in [-0.15, -0.1) is 23.4 Å². The van der Waals surface area contributed by atoms with Crippen LogP contribution in [0.15, 0.2) is 54.6 Å². The lowest BCUT2D eigenvalue weighted by Gasteiger charge is -2.22. The number of carbonyl (C=O) groups is 3. The number of amides is 3. The fourth-order valence-electron chi connectivity index (χ4n) is 3.85. The molecule has 0 aliphatic carbocycles. The molecule has 0 aliphatic heterocycles. The van der Waals surface area contributed by atoms with E-state index in [-0.39, 0.29) is 50.7 Å². The van der Waals surface area contributed by atoms with Crippen molar-refractivity contribution in [1.29, 1.82) is 0 Å². The lowest BCUT2D eigenvalue weighted by Crippen LogP contribution is -2.51. The van der Waals surface area contributed by atoms with Crippen LogP contribution in [0.4, 0.5) is 19.0 Å². The number of alkyl halides is 3. The lowest BCUT2D eigenvalue weighted by atomic mass is 10.0. The van der Waals surface area contributed by atoms with Crippen molar-refractivity contribution >= 4 is 34.4 Å². The van der Waals surface area contributed by atoms with E-state index in [1.165, 1.54) is 17.0 Å². The Labute approximate surface area is 233 Å². The van der Waals surface area contributed by atoms with Gasteiger partial charge in [-0.2, -0.15) is 0 Å². The summed E-state index contributed by atoms with van der Waals surface area (Å²) in [5, 5.41) is 13.9. The number of halogens is 3.